The first-order chi connectivity index (χ1) is 5.34. The van der Waals surface area contributed by atoms with Gasteiger partial charge in [-0.1, -0.05) is 5.16 Å². The number of oxime groups is 1. The second kappa shape index (κ2) is 4.08. The van der Waals surface area contributed by atoms with E-state index in [1.807, 2.05) is 19.2 Å². The normalized spacial score (nSPS) is 11.6. The Balaban J connectivity index is 2.62. The van der Waals surface area contributed by atoms with E-state index in [2.05, 4.69) is 15.7 Å². The molecule has 59 valence electrons. The first-order valence-electron chi connectivity index (χ1n) is 3.33. The Labute approximate surface area is 69.7 Å². The van der Waals surface area contributed by atoms with E-state index >= 15 is 0 Å². The third kappa shape index (κ3) is 2.31. The summed E-state index contributed by atoms with van der Waals surface area (Å²) in [6.07, 6.45) is 0. The standard InChI is InChI=1S/C7H9N2OS/c1-3-10-9-6(2)7-4-11-5-8-7/h4H,3H2,1-2H3/b9-6-. The van der Waals surface area contributed by atoms with Gasteiger partial charge in [0.25, 0.3) is 0 Å². The molecular formula is C7H9N2OS. The molecule has 0 unspecified atom stereocenters. The van der Waals surface area contributed by atoms with Crippen LogP contribution in [0.1, 0.15) is 19.5 Å². The molecule has 1 heterocycles. The summed E-state index contributed by atoms with van der Waals surface area (Å²) in [5.74, 6) is 0. The van der Waals surface area contributed by atoms with Gasteiger partial charge < -0.3 is 4.84 Å². The van der Waals surface area contributed by atoms with Crippen LogP contribution in [0.4, 0.5) is 0 Å². The van der Waals surface area contributed by atoms with E-state index in [1.165, 1.54) is 11.3 Å². The first-order valence-corrected chi connectivity index (χ1v) is 4.21. The third-order valence-corrected chi connectivity index (χ3v) is 1.63. The average molecular weight is 169 g/mol. The smallest absolute Gasteiger partial charge is 0.152 e. The molecule has 0 aliphatic heterocycles. The summed E-state index contributed by atoms with van der Waals surface area (Å²) in [5, 5.41) is 5.71. The fraction of sp³-hybridized carbons (Fsp3) is 0.429. The van der Waals surface area contributed by atoms with Crippen LogP contribution >= 0.6 is 11.3 Å². The van der Waals surface area contributed by atoms with Gasteiger partial charge in [-0.05, 0) is 13.8 Å². The molecule has 0 bridgehead atoms. The maximum absolute atomic E-state index is 4.86. The molecule has 0 N–H and O–H groups in total. The number of aromatic nitrogens is 1. The van der Waals surface area contributed by atoms with Gasteiger partial charge in [-0.25, -0.2) is 4.98 Å². The highest BCUT2D eigenvalue weighted by atomic mass is 32.1. The second-order valence-corrected chi connectivity index (χ2v) is 2.57. The minimum absolute atomic E-state index is 0.588. The van der Waals surface area contributed by atoms with Crippen LogP contribution in [0.5, 0.6) is 0 Å². The van der Waals surface area contributed by atoms with Crippen molar-refractivity contribution < 1.29 is 4.84 Å². The lowest BCUT2D eigenvalue weighted by molar-refractivity contribution is 0.159. The molecular weight excluding hydrogens is 160 g/mol. The molecule has 1 aromatic heterocycles. The van der Waals surface area contributed by atoms with E-state index in [0.29, 0.717) is 6.61 Å². The molecule has 0 fully saturated rings. The van der Waals surface area contributed by atoms with Crippen molar-refractivity contribution >= 4 is 17.0 Å². The highest BCUT2D eigenvalue weighted by molar-refractivity contribution is 7.07. The van der Waals surface area contributed by atoms with Gasteiger partial charge >= 0.3 is 0 Å². The van der Waals surface area contributed by atoms with Gasteiger partial charge in [0.1, 0.15) is 12.3 Å². The van der Waals surface area contributed by atoms with Crippen molar-refractivity contribution in [2.45, 2.75) is 13.8 Å². The molecule has 0 atom stereocenters. The molecule has 0 aromatic carbocycles. The number of nitrogens with zero attached hydrogens (tertiary/aromatic N) is 2. The van der Waals surface area contributed by atoms with Gasteiger partial charge in [0.15, 0.2) is 5.51 Å². The lowest BCUT2D eigenvalue weighted by atomic mass is 10.3. The molecule has 0 saturated carbocycles. The van der Waals surface area contributed by atoms with E-state index < -0.39 is 0 Å². The average Bonchev–Trinajstić information content (AvgIpc) is 2.52. The molecule has 0 aliphatic rings. The van der Waals surface area contributed by atoms with Gasteiger partial charge in [-0.2, -0.15) is 0 Å². The van der Waals surface area contributed by atoms with Crippen LogP contribution in [0.3, 0.4) is 0 Å². The Morgan fingerprint density at radius 1 is 1.91 bits per heavy atom. The Bertz CT molecular complexity index is 231. The van der Waals surface area contributed by atoms with E-state index in [0.717, 1.165) is 11.4 Å². The highest BCUT2D eigenvalue weighted by Crippen LogP contribution is 2.01. The molecule has 1 rings (SSSR count). The Kier molecular flexibility index (Phi) is 3.04. The van der Waals surface area contributed by atoms with Crippen LogP contribution in [0.2, 0.25) is 0 Å². The van der Waals surface area contributed by atoms with Gasteiger partial charge in [0, 0.05) is 5.38 Å². The lowest BCUT2D eigenvalue weighted by Gasteiger charge is -1.94. The maximum atomic E-state index is 4.86. The SMILES string of the molecule is CCO/N=C(/C)c1cs[c]n1. The molecule has 0 aliphatic carbocycles. The molecule has 0 amide bonds. The predicted molar refractivity (Wildman–Crippen MR) is 44.8 cm³/mol. The number of hydrogen-bond acceptors (Lipinski definition) is 4. The lowest BCUT2D eigenvalue weighted by Crippen LogP contribution is -1.95. The van der Waals surface area contributed by atoms with Crippen LogP contribution in [-0.2, 0) is 4.84 Å². The first kappa shape index (κ1) is 8.20. The molecule has 1 radical (unpaired) electrons. The van der Waals surface area contributed by atoms with Crippen molar-refractivity contribution in [1.29, 1.82) is 0 Å². The molecule has 11 heavy (non-hydrogen) atoms. The third-order valence-electron chi connectivity index (χ3n) is 1.09. The number of rotatable bonds is 3. The Morgan fingerprint density at radius 2 is 2.73 bits per heavy atom. The fourth-order valence-electron chi connectivity index (χ4n) is 0.558. The van der Waals surface area contributed by atoms with Gasteiger partial charge in [0.05, 0.1) is 5.69 Å². The molecule has 4 heteroatoms. The van der Waals surface area contributed by atoms with Crippen LogP contribution in [0.15, 0.2) is 10.5 Å². The van der Waals surface area contributed by atoms with Crippen molar-refractivity contribution in [2.75, 3.05) is 6.61 Å². The van der Waals surface area contributed by atoms with Crippen molar-refractivity contribution in [3.63, 3.8) is 0 Å². The second-order valence-electron chi connectivity index (χ2n) is 1.92. The van der Waals surface area contributed by atoms with Crippen molar-refractivity contribution in [1.82, 2.24) is 4.98 Å². The quantitative estimate of drug-likeness (QED) is 0.510. The van der Waals surface area contributed by atoms with Gasteiger partial charge in [0.2, 0.25) is 0 Å². The summed E-state index contributed by atoms with van der Waals surface area (Å²) in [4.78, 5) is 8.81. The minimum Gasteiger partial charge on any atom is -0.396 e. The molecule has 0 spiro atoms. The van der Waals surface area contributed by atoms with Crippen LogP contribution in [0, 0.1) is 5.51 Å². The van der Waals surface area contributed by atoms with Crippen molar-refractivity contribution in [3.8, 4) is 0 Å². The summed E-state index contributed by atoms with van der Waals surface area (Å²) in [6.45, 7) is 4.34. The van der Waals surface area contributed by atoms with E-state index in [1.54, 1.807) is 0 Å². The van der Waals surface area contributed by atoms with Crippen LogP contribution in [-0.4, -0.2) is 17.3 Å². The van der Waals surface area contributed by atoms with E-state index in [4.69, 9.17) is 4.84 Å². The van der Waals surface area contributed by atoms with E-state index in [9.17, 15) is 0 Å². The molecule has 0 saturated heterocycles. The Morgan fingerprint density at radius 3 is 3.27 bits per heavy atom. The zero-order valence-electron chi connectivity index (χ0n) is 6.50. The summed E-state index contributed by atoms with van der Waals surface area (Å²) >= 11 is 1.43. The van der Waals surface area contributed by atoms with Crippen LogP contribution < -0.4 is 0 Å². The monoisotopic (exact) mass is 169 g/mol. The highest BCUT2D eigenvalue weighted by Gasteiger charge is 1.98. The summed E-state index contributed by atoms with van der Waals surface area (Å²) < 4.78 is 0. The molecule has 1 aromatic rings. The summed E-state index contributed by atoms with van der Waals surface area (Å²) in [5.41, 5.74) is 4.37. The fourth-order valence-corrected chi connectivity index (χ4v) is 1.10. The largest absolute Gasteiger partial charge is 0.396 e. The molecule has 3 nitrogen and oxygen atoms in total. The van der Waals surface area contributed by atoms with Crippen molar-refractivity contribution in [2.24, 2.45) is 5.16 Å². The summed E-state index contributed by atoms with van der Waals surface area (Å²) in [7, 11) is 0. The van der Waals surface area contributed by atoms with Gasteiger partial charge in [-0.3, -0.25) is 0 Å². The minimum atomic E-state index is 0.588. The number of hydrogen-bond donors (Lipinski definition) is 0. The van der Waals surface area contributed by atoms with E-state index in [-0.39, 0.29) is 0 Å². The topological polar surface area (TPSA) is 34.5 Å². The summed E-state index contributed by atoms with van der Waals surface area (Å²) in [6, 6.07) is 0. The van der Waals surface area contributed by atoms with Crippen LogP contribution in [0.25, 0.3) is 0 Å². The van der Waals surface area contributed by atoms with Crippen molar-refractivity contribution in [3.05, 3.63) is 16.6 Å². The van der Waals surface area contributed by atoms with Gasteiger partial charge in [-0.15, -0.1) is 11.3 Å². The Hall–Kier alpha value is -0.900. The predicted octanol–water partition coefficient (Wildman–Crippen LogP) is 1.70. The number of thiazole rings is 1. The maximum Gasteiger partial charge on any atom is 0.152 e. The zero-order chi connectivity index (χ0) is 8.10. The zero-order valence-corrected chi connectivity index (χ0v) is 7.31.